The van der Waals surface area contributed by atoms with E-state index in [2.05, 4.69) is 228 Å². The summed E-state index contributed by atoms with van der Waals surface area (Å²) in [6.45, 7) is 42.3. The Morgan fingerprint density at radius 3 is 1.67 bits per heavy atom. The van der Waals surface area contributed by atoms with E-state index in [4.69, 9.17) is 0 Å². The number of para-hydroxylation sites is 2. The molecule has 0 amide bonds. The topological polar surface area (TPSA) is 6.48 Å². The molecule has 1 atom stereocenters. The number of rotatable bonds is 23. The van der Waals surface area contributed by atoms with E-state index in [0.717, 1.165) is 89.8 Å². The lowest BCUT2D eigenvalue weighted by atomic mass is 9.65. The molecule has 4 aromatic rings. The first kappa shape index (κ1) is 51.5. The minimum absolute atomic E-state index is 0.805. The zero-order valence-corrected chi connectivity index (χ0v) is 41.0. The Morgan fingerprint density at radius 2 is 1.12 bits per heavy atom. The van der Waals surface area contributed by atoms with Crippen molar-refractivity contribution in [3.8, 4) is 0 Å². The molecule has 0 spiro atoms. The monoisotopic (exact) mass is 899 g/mol. The van der Waals surface area contributed by atoms with Gasteiger partial charge in [-0.05, 0) is 127 Å². The first-order valence-electron chi connectivity index (χ1n) is 23.3. The minimum Gasteiger partial charge on any atom is -0.310 e. The van der Waals surface area contributed by atoms with Gasteiger partial charge in [-0.3, -0.25) is 0 Å². The van der Waals surface area contributed by atoms with E-state index >= 15 is 0 Å². The highest BCUT2D eigenvalue weighted by Gasteiger charge is 2.48. The molecule has 0 heterocycles. The molecule has 2 heteroatoms. The molecule has 0 N–H and O–H groups in total. The van der Waals surface area contributed by atoms with Gasteiger partial charge in [-0.15, -0.1) is 0 Å². The molecule has 344 valence electrons. The van der Waals surface area contributed by atoms with Crippen LogP contribution >= 0.6 is 0 Å². The number of anilines is 3. The van der Waals surface area contributed by atoms with E-state index in [9.17, 15) is 0 Å². The average Bonchev–Trinajstić information content (AvgIpc) is 3.65. The van der Waals surface area contributed by atoms with Crippen molar-refractivity contribution >= 4 is 33.8 Å². The fourth-order valence-electron chi connectivity index (χ4n) is 9.06. The standard InChI is InChI=1S/C67H66N2/c1-13-24-38-52(20-8)60-43-30-32-45-65(60)68(51(12)34-16-4)58-47-48-62-59(23-11)63(67(64(62)50-58,55-41-28-27-29-42-55)54(35-17-5)40-26-15-3)49-56(22-10)69(57(36-18-6)37-19-7)66-46-33-31-44-61(66)53(21-9)39-25-14-2/h13-50H,1-3,5-6,10-12H2,4,7-9H3/b34-16-,37-19-,38-24-,39-25-,40-26-,52-20+,53-21+,54-35+,56-49+,57-36+. The zero-order chi connectivity index (χ0) is 49.8. The maximum Gasteiger partial charge on any atom is 0.0715 e. The van der Waals surface area contributed by atoms with Crippen LogP contribution in [0.5, 0.6) is 0 Å². The number of hydrogen-bond acceptors (Lipinski definition) is 2. The fraction of sp³-hybridized carbons (Fsp3) is 0.0746. The summed E-state index contributed by atoms with van der Waals surface area (Å²) in [5.41, 5.74) is 14.7. The van der Waals surface area contributed by atoms with Gasteiger partial charge in [-0.2, -0.15) is 0 Å². The van der Waals surface area contributed by atoms with Gasteiger partial charge in [-0.1, -0.05) is 229 Å². The summed E-state index contributed by atoms with van der Waals surface area (Å²) >= 11 is 0. The van der Waals surface area contributed by atoms with Crippen LogP contribution in [0.4, 0.5) is 17.1 Å². The molecule has 0 radical (unpaired) electrons. The van der Waals surface area contributed by atoms with E-state index in [1.807, 2.05) is 80.7 Å². The Morgan fingerprint density at radius 1 is 0.551 bits per heavy atom. The highest BCUT2D eigenvalue weighted by molar-refractivity contribution is 5.95. The van der Waals surface area contributed by atoms with E-state index in [0.29, 0.717) is 0 Å². The highest BCUT2D eigenvalue weighted by atomic mass is 15.2. The SMILES string of the molecule is C=C/C=C\C(=C/C)c1ccccc1N(/C(C=C)=C/C1=C(C=C)c2ccc(N(C(=C)/C=C\C)c3ccccc3C(/C=C\C=C)=C/C)cc2C1(C(/C=C\C=C)=C/C=C)c1ccccc1)C(/C=C\C)=C/C=C. The lowest BCUT2D eigenvalue weighted by Gasteiger charge is -2.38. The third-order valence-corrected chi connectivity index (χ3v) is 11.9. The first-order chi connectivity index (χ1) is 33.7. The molecule has 0 aliphatic heterocycles. The fourth-order valence-corrected chi connectivity index (χ4v) is 9.06. The van der Waals surface area contributed by atoms with Crippen LogP contribution < -0.4 is 9.80 Å². The molecular weight excluding hydrogens is 833 g/mol. The lowest BCUT2D eigenvalue weighted by molar-refractivity contribution is 0.758. The molecule has 0 saturated carbocycles. The van der Waals surface area contributed by atoms with Gasteiger partial charge in [0.25, 0.3) is 0 Å². The van der Waals surface area contributed by atoms with Crippen molar-refractivity contribution in [3.05, 3.63) is 339 Å². The Labute approximate surface area is 414 Å². The van der Waals surface area contributed by atoms with Gasteiger partial charge in [0.1, 0.15) is 0 Å². The van der Waals surface area contributed by atoms with Gasteiger partial charge in [0.2, 0.25) is 0 Å². The zero-order valence-electron chi connectivity index (χ0n) is 41.0. The molecule has 2 nitrogen and oxygen atoms in total. The van der Waals surface area contributed by atoms with Crippen LogP contribution in [0.15, 0.2) is 312 Å². The van der Waals surface area contributed by atoms with E-state index in [-0.39, 0.29) is 0 Å². The van der Waals surface area contributed by atoms with Crippen molar-refractivity contribution in [1.29, 1.82) is 0 Å². The van der Waals surface area contributed by atoms with Crippen LogP contribution in [-0.4, -0.2) is 0 Å². The molecule has 0 bridgehead atoms. The molecule has 5 rings (SSSR count). The van der Waals surface area contributed by atoms with E-state index < -0.39 is 5.41 Å². The molecule has 0 saturated heterocycles. The average molecular weight is 899 g/mol. The second-order valence-corrected chi connectivity index (χ2v) is 15.8. The number of benzene rings is 4. The van der Waals surface area contributed by atoms with Gasteiger partial charge in [0, 0.05) is 33.9 Å². The van der Waals surface area contributed by atoms with E-state index in [1.165, 1.54) is 0 Å². The van der Waals surface area contributed by atoms with Gasteiger partial charge >= 0.3 is 0 Å². The number of nitrogens with zero attached hydrogens (tertiary/aromatic N) is 2. The van der Waals surface area contributed by atoms with Crippen LogP contribution in [0.25, 0.3) is 16.7 Å². The van der Waals surface area contributed by atoms with Crippen LogP contribution in [0.1, 0.15) is 55.5 Å². The predicted molar refractivity (Wildman–Crippen MR) is 307 cm³/mol. The van der Waals surface area contributed by atoms with Crippen molar-refractivity contribution in [2.45, 2.75) is 33.1 Å². The van der Waals surface area contributed by atoms with Crippen LogP contribution in [-0.2, 0) is 5.41 Å². The smallest absolute Gasteiger partial charge is 0.0715 e. The van der Waals surface area contributed by atoms with Crippen molar-refractivity contribution in [2.24, 2.45) is 0 Å². The summed E-state index contributed by atoms with van der Waals surface area (Å²) < 4.78 is 0. The number of hydrogen-bond donors (Lipinski definition) is 0. The summed E-state index contributed by atoms with van der Waals surface area (Å²) in [4.78, 5) is 4.49. The van der Waals surface area contributed by atoms with Crippen LogP contribution in [0.3, 0.4) is 0 Å². The molecule has 0 fully saturated rings. The summed E-state index contributed by atoms with van der Waals surface area (Å²) in [6.07, 6.45) is 44.1. The quantitative estimate of drug-likeness (QED) is 0.0685. The largest absolute Gasteiger partial charge is 0.310 e. The van der Waals surface area contributed by atoms with Crippen molar-refractivity contribution in [2.75, 3.05) is 9.80 Å². The van der Waals surface area contributed by atoms with Gasteiger partial charge < -0.3 is 9.80 Å². The van der Waals surface area contributed by atoms with Gasteiger partial charge in [0.05, 0.1) is 16.8 Å². The number of allylic oxidation sites excluding steroid dienone is 27. The van der Waals surface area contributed by atoms with Gasteiger partial charge in [0.15, 0.2) is 0 Å². The maximum absolute atomic E-state index is 4.67. The Bertz CT molecular complexity index is 2950. The third kappa shape index (κ3) is 10.9. The second kappa shape index (κ2) is 25.4. The van der Waals surface area contributed by atoms with Crippen molar-refractivity contribution in [1.82, 2.24) is 0 Å². The van der Waals surface area contributed by atoms with Crippen LogP contribution in [0, 0.1) is 0 Å². The van der Waals surface area contributed by atoms with E-state index in [1.54, 1.807) is 12.2 Å². The Balaban J connectivity index is 2.03. The van der Waals surface area contributed by atoms with Crippen molar-refractivity contribution in [3.63, 3.8) is 0 Å². The molecule has 1 aliphatic rings. The van der Waals surface area contributed by atoms with Crippen LogP contribution in [0.2, 0.25) is 0 Å². The molecule has 1 unspecified atom stereocenters. The summed E-state index contributed by atoms with van der Waals surface area (Å²) in [7, 11) is 0. The number of fused-ring (bicyclic) bond motifs is 1. The van der Waals surface area contributed by atoms with Gasteiger partial charge in [-0.25, -0.2) is 0 Å². The Hall–Kier alpha value is -8.46. The normalized spacial score (nSPS) is 15.9. The molecule has 1 aliphatic carbocycles. The first-order valence-corrected chi connectivity index (χ1v) is 23.3. The molecular formula is C67H66N2. The maximum atomic E-state index is 4.67. The summed E-state index contributed by atoms with van der Waals surface area (Å²) in [5.74, 6) is 0. The molecule has 4 aromatic carbocycles. The lowest BCUT2D eigenvalue weighted by Crippen LogP contribution is -2.31. The molecule has 0 aromatic heterocycles. The molecule has 69 heavy (non-hydrogen) atoms. The predicted octanol–water partition coefficient (Wildman–Crippen LogP) is 18.5. The Kier molecular flexibility index (Phi) is 19.0. The summed E-state index contributed by atoms with van der Waals surface area (Å²) in [6, 6.07) is 34.3. The third-order valence-electron chi connectivity index (χ3n) is 11.9. The second-order valence-electron chi connectivity index (χ2n) is 15.8. The van der Waals surface area contributed by atoms with Crippen molar-refractivity contribution < 1.29 is 0 Å². The highest BCUT2D eigenvalue weighted by Crippen LogP contribution is 2.57. The summed E-state index contributed by atoms with van der Waals surface area (Å²) in [5, 5.41) is 0. The minimum atomic E-state index is -0.943.